The second-order valence-electron chi connectivity index (χ2n) is 7.78. The number of esters is 2. The molecule has 0 saturated heterocycles. The van der Waals surface area contributed by atoms with Crippen molar-refractivity contribution in [3.05, 3.63) is 71.0 Å². The van der Waals surface area contributed by atoms with Crippen molar-refractivity contribution in [3.8, 4) is 0 Å². The summed E-state index contributed by atoms with van der Waals surface area (Å²) in [6, 6.07) is 15.7. The summed E-state index contributed by atoms with van der Waals surface area (Å²) in [5.74, 6) is -0.878. The molecular weight excluding hydrogens is 404 g/mol. The highest BCUT2D eigenvalue weighted by atomic mass is 16.5. The van der Waals surface area contributed by atoms with Gasteiger partial charge in [0.15, 0.2) is 0 Å². The molecule has 0 unspecified atom stereocenters. The van der Waals surface area contributed by atoms with E-state index in [2.05, 4.69) is 0 Å². The third kappa shape index (κ3) is 2.66. The summed E-state index contributed by atoms with van der Waals surface area (Å²) < 4.78 is 14.3. The van der Waals surface area contributed by atoms with Crippen LogP contribution in [0.25, 0.3) is 45.1 Å². The highest BCUT2D eigenvalue weighted by Gasteiger charge is 2.30. The van der Waals surface area contributed by atoms with Gasteiger partial charge in [-0.05, 0) is 24.3 Å². The number of rotatable bonds is 2. The monoisotopic (exact) mass is 426 g/mol. The SMILES string of the molecule is COC(=O)C1=Cc2c(n(C)c3ccccc23)C(C(=O)OC)=Cc2c1n(C)c1ccccc21. The quantitative estimate of drug-likeness (QED) is 0.446. The van der Waals surface area contributed by atoms with Gasteiger partial charge in [-0.15, -0.1) is 0 Å². The van der Waals surface area contributed by atoms with Gasteiger partial charge in [0.25, 0.3) is 0 Å². The highest BCUT2D eigenvalue weighted by molar-refractivity contribution is 6.30. The molecule has 0 atom stereocenters. The minimum atomic E-state index is -0.439. The summed E-state index contributed by atoms with van der Waals surface area (Å²) in [5, 5.41) is 1.87. The Hall–Kier alpha value is -4.06. The van der Waals surface area contributed by atoms with Gasteiger partial charge in [-0.1, -0.05) is 36.4 Å². The number of nitrogens with zero attached hydrogens (tertiary/aromatic N) is 2. The van der Waals surface area contributed by atoms with Crippen LogP contribution >= 0.6 is 0 Å². The van der Waals surface area contributed by atoms with Gasteiger partial charge in [0.2, 0.25) is 0 Å². The molecule has 2 aromatic heterocycles. The lowest BCUT2D eigenvalue weighted by Gasteiger charge is -2.15. The molecule has 4 aromatic rings. The van der Waals surface area contributed by atoms with E-state index in [1.807, 2.05) is 83.9 Å². The largest absolute Gasteiger partial charge is 0.465 e. The molecule has 0 radical (unpaired) electrons. The van der Waals surface area contributed by atoms with E-state index in [0.29, 0.717) is 22.5 Å². The second-order valence-corrected chi connectivity index (χ2v) is 7.78. The Balaban J connectivity index is 2.01. The first-order chi connectivity index (χ1) is 15.5. The van der Waals surface area contributed by atoms with Crippen LogP contribution in [0.3, 0.4) is 0 Å². The fourth-order valence-corrected chi connectivity index (χ4v) is 4.75. The number of carbonyl (C=O) groups excluding carboxylic acids is 2. The molecule has 0 aliphatic heterocycles. The summed E-state index contributed by atoms with van der Waals surface area (Å²) in [6.45, 7) is 0. The van der Waals surface area contributed by atoms with E-state index in [1.54, 1.807) is 0 Å². The predicted molar refractivity (Wildman–Crippen MR) is 126 cm³/mol. The number of hydrogen-bond donors (Lipinski definition) is 0. The van der Waals surface area contributed by atoms with Gasteiger partial charge < -0.3 is 18.6 Å². The van der Waals surface area contributed by atoms with Crippen LogP contribution in [0, 0.1) is 0 Å². The topological polar surface area (TPSA) is 62.5 Å². The molecule has 1 aliphatic rings. The molecule has 6 nitrogen and oxygen atoms in total. The van der Waals surface area contributed by atoms with Crippen LogP contribution in [-0.2, 0) is 33.2 Å². The number of aromatic nitrogens is 2. The molecule has 0 fully saturated rings. The van der Waals surface area contributed by atoms with Gasteiger partial charge in [-0.3, -0.25) is 0 Å². The average Bonchev–Trinajstić information content (AvgIpc) is 3.24. The molecule has 0 bridgehead atoms. The molecule has 0 saturated carbocycles. The van der Waals surface area contributed by atoms with E-state index >= 15 is 0 Å². The van der Waals surface area contributed by atoms with Crippen molar-refractivity contribution in [2.24, 2.45) is 14.1 Å². The molecule has 5 rings (SSSR count). The van der Waals surface area contributed by atoms with Gasteiger partial charge in [0, 0.05) is 47.0 Å². The molecule has 1 aliphatic carbocycles. The average molecular weight is 426 g/mol. The van der Waals surface area contributed by atoms with Crippen molar-refractivity contribution in [2.45, 2.75) is 0 Å². The van der Waals surface area contributed by atoms with Gasteiger partial charge in [-0.25, -0.2) is 9.59 Å². The first-order valence-corrected chi connectivity index (χ1v) is 10.2. The number of hydrogen-bond acceptors (Lipinski definition) is 4. The number of benzene rings is 2. The lowest BCUT2D eigenvalue weighted by Crippen LogP contribution is -2.13. The number of methoxy groups -OCH3 is 2. The summed E-state index contributed by atoms with van der Waals surface area (Å²) >= 11 is 0. The standard InChI is InChI=1S/C26H22N2O4/c1-27-21-11-7-5-9-15(21)17-13-20(26(30)32-4)24-18(14-19(23(17)27)25(29)31-3)16-10-6-8-12-22(16)28(24)2/h5-14H,1-4H3. The Labute approximate surface area is 185 Å². The van der Waals surface area contributed by atoms with E-state index < -0.39 is 11.9 Å². The van der Waals surface area contributed by atoms with Crippen molar-refractivity contribution in [2.75, 3.05) is 14.2 Å². The number of aryl methyl sites for hydroxylation is 2. The highest BCUT2D eigenvalue weighted by Crippen LogP contribution is 2.41. The Kier molecular flexibility index (Phi) is 4.51. The Morgan fingerprint density at radius 3 is 1.41 bits per heavy atom. The summed E-state index contributed by atoms with van der Waals surface area (Å²) in [4.78, 5) is 26.0. The zero-order valence-corrected chi connectivity index (χ0v) is 18.3. The van der Waals surface area contributed by atoms with Gasteiger partial charge in [-0.2, -0.15) is 0 Å². The molecule has 32 heavy (non-hydrogen) atoms. The third-order valence-corrected chi connectivity index (χ3v) is 6.19. The summed E-state index contributed by atoms with van der Waals surface area (Å²) in [7, 11) is 6.58. The van der Waals surface area contributed by atoms with Gasteiger partial charge in [0.1, 0.15) is 0 Å². The van der Waals surface area contributed by atoms with Crippen LogP contribution in [0.15, 0.2) is 48.5 Å². The molecule has 6 heteroatoms. The molecular formula is C26H22N2O4. The maximum atomic E-state index is 13.0. The fraction of sp³-hybridized carbons (Fsp3) is 0.154. The van der Waals surface area contributed by atoms with Crippen molar-refractivity contribution in [1.82, 2.24) is 9.13 Å². The first kappa shape index (κ1) is 19.9. The van der Waals surface area contributed by atoms with Gasteiger partial charge in [0.05, 0.1) is 36.8 Å². The van der Waals surface area contributed by atoms with Crippen LogP contribution in [-0.4, -0.2) is 35.3 Å². The normalized spacial score (nSPS) is 13.0. The smallest absolute Gasteiger partial charge is 0.340 e. The van der Waals surface area contributed by atoms with Crippen LogP contribution in [0.1, 0.15) is 22.5 Å². The maximum Gasteiger partial charge on any atom is 0.340 e. The second kappa shape index (κ2) is 7.27. The first-order valence-electron chi connectivity index (χ1n) is 10.2. The molecule has 0 spiro atoms. The molecule has 0 N–H and O–H groups in total. The van der Waals surface area contributed by atoms with Crippen molar-refractivity contribution >= 4 is 57.0 Å². The molecule has 160 valence electrons. The molecule has 2 heterocycles. The number of carbonyl (C=O) groups is 2. The lowest BCUT2D eigenvalue weighted by atomic mass is 9.94. The molecule has 2 aromatic carbocycles. The van der Waals surface area contributed by atoms with Crippen LogP contribution < -0.4 is 0 Å². The summed E-state index contributed by atoms with van der Waals surface area (Å²) in [6.07, 6.45) is 3.66. The van der Waals surface area contributed by atoms with E-state index in [9.17, 15) is 9.59 Å². The van der Waals surface area contributed by atoms with Crippen LogP contribution in [0.4, 0.5) is 0 Å². The van der Waals surface area contributed by atoms with Crippen molar-refractivity contribution in [1.29, 1.82) is 0 Å². The minimum absolute atomic E-state index is 0.430. The van der Waals surface area contributed by atoms with Gasteiger partial charge >= 0.3 is 11.9 Å². The number of fused-ring (bicyclic) bond motifs is 6. The summed E-state index contributed by atoms with van der Waals surface area (Å²) in [5.41, 5.74) is 5.69. The Morgan fingerprint density at radius 2 is 1.03 bits per heavy atom. The Morgan fingerprint density at radius 1 is 0.656 bits per heavy atom. The van der Waals surface area contributed by atoms with Crippen LogP contribution in [0.5, 0.6) is 0 Å². The zero-order valence-electron chi connectivity index (χ0n) is 18.3. The Bertz CT molecular complexity index is 1380. The van der Waals surface area contributed by atoms with E-state index in [1.165, 1.54) is 14.2 Å². The maximum absolute atomic E-state index is 13.0. The van der Waals surface area contributed by atoms with Crippen molar-refractivity contribution < 1.29 is 19.1 Å². The molecule has 0 amide bonds. The lowest BCUT2D eigenvalue weighted by molar-refractivity contribution is -0.134. The zero-order chi connectivity index (χ0) is 22.6. The fourth-order valence-electron chi connectivity index (χ4n) is 4.75. The van der Waals surface area contributed by atoms with E-state index in [4.69, 9.17) is 9.47 Å². The number of ether oxygens (including phenoxy) is 2. The van der Waals surface area contributed by atoms with Crippen LogP contribution in [0.2, 0.25) is 0 Å². The van der Waals surface area contributed by atoms with E-state index in [-0.39, 0.29) is 0 Å². The van der Waals surface area contributed by atoms with E-state index in [0.717, 1.165) is 32.9 Å². The van der Waals surface area contributed by atoms with Crippen molar-refractivity contribution in [3.63, 3.8) is 0 Å². The third-order valence-electron chi connectivity index (χ3n) is 6.19. The number of para-hydroxylation sites is 2. The predicted octanol–water partition coefficient (Wildman–Crippen LogP) is 4.41. The minimum Gasteiger partial charge on any atom is -0.465 e.